The number of hydrogen-bond donors (Lipinski definition) is 3. The van der Waals surface area contributed by atoms with Crippen molar-refractivity contribution in [2.75, 3.05) is 37.9 Å². The van der Waals surface area contributed by atoms with Gasteiger partial charge in [0, 0.05) is 29.1 Å². The summed E-state index contributed by atoms with van der Waals surface area (Å²) in [6, 6.07) is 16.6. The van der Waals surface area contributed by atoms with Crippen LogP contribution in [0.5, 0.6) is 5.75 Å². The zero-order valence-corrected chi connectivity index (χ0v) is 17.1. The van der Waals surface area contributed by atoms with Crippen LogP contribution < -0.4 is 15.4 Å². The summed E-state index contributed by atoms with van der Waals surface area (Å²) in [6.07, 6.45) is 1.14. The van der Waals surface area contributed by atoms with Gasteiger partial charge in [-0.1, -0.05) is 17.7 Å². The van der Waals surface area contributed by atoms with Crippen LogP contribution in [0.2, 0.25) is 5.02 Å². The Kier molecular flexibility index (Phi) is 7.24. The van der Waals surface area contributed by atoms with Crippen LogP contribution in [-0.4, -0.2) is 53.3 Å². The molecule has 0 radical (unpaired) electrons. The number of aromatic nitrogens is 2. The lowest BCUT2D eigenvalue weighted by molar-refractivity contribution is 0.0831. The van der Waals surface area contributed by atoms with E-state index in [0.29, 0.717) is 29.1 Å². The molecule has 1 atom stereocenters. The van der Waals surface area contributed by atoms with E-state index in [9.17, 15) is 5.11 Å². The first-order valence-electron chi connectivity index (χ1n) is 9.16. The van der Waals surface area contributed by atoms with E-state index >= 15 is 0 Å². The fourth-order valence-corrected chi connectivity index (χ4v) is 2.82. The van der Waals surface area contributed by atoms with Crippen molar-refractivity contribution in [3.63, 3.8) is 0 Å². The number of rotatable bonds is 9. The number of likely N-dealkylation sites (N-methyl/N-ethyl adjacent to an activating group) is 1. The fraction of sp³-hybridized carbons (Fsp3) is 0.238. The van der Waals surface area contributed by atoms with Gasteiger partial charge in [0.25, 0.3) is 0 Å². The molecule has 0 fully saturated rings. The molecule has 0 spiro atoms. The van der Waals surface area contributed by atoms with Gasteiger partial charge in [0.15, 0.2) is 0 Å². The van der Waals surface area contributed by atoms with E-state index in [1.807, 2.05) is 67.5 Å². The first-order chi connectivity index (χ1) is 14.0. The molecule has 0 aliphatic rings. The van der Waals surface area contributed by atoms with E-state index in [-0.39, 0.29) is 6.61 Å². The van der Waals surface area contributed by atoms with Crippen molar-refractivity contribution in [2.24, 2.45) is 0 Å². The topological polar surface area (TPSA) is 82.5 Å². The molecule has 3 rings (SSSR count). The van der Waals surface area contributed by atoms with Crippen LogP contribution in [0.15, 0.2) is 60.8 Å². The third kappa shape index (κ3) is 6.90. The summed E-state index contributed by atoms with van der Waals surface area (Å²) >= 11 is 6.01. The molecular weight excluding hydrogens is 390 g/mol. The number of anilines is 4. The Morgan fingerprint density at radius 3 is 2.59 bits per heavy atom. The minimum absolute atomic E-state index is 0.241. The predicted molar refractivity (Wildman–Crippen MR) is 117 cm³/mol. The van der Waals surface area contributed by atoms with Crippen LogP contribution >= 0.6 is 11.6 Å². The SMILES string of the molecule is CN(C)CC(O)COc1ccc(Nc2nccc(Nc3cccc(Cl)c3)n2)cc1. The summed E-state index contributed by atoms with van der Waals surface area (Å²) in [5.41, 5.74) is 1.67. The molecule has 3 aromatic rings. The Hall–Kier alpha value is -2.87. The Balaban J connectivity index is 1.57. The molecule has 1 aromatic heterocycles. The average Bonchev–Trinajstić information content (AvgIpc) is 2.67. The summed E-state index contributed by atoms with van der Waals surface area (Å²) in [6.45, 7) is 0.793. The molecule has 0 saturated heterocycles. The molecule has 0 amide bonds. The molecule has 8 heteroatoms. The maximum atomic E-state index is 9.87. The number of halogens is 1. The molecule has 29 heavy (non-hydrogen) atoms. The van der Waals surface area contributed by atoms with Crippen molar-refractivity contribution < 1.29 is 9.84 Å². The molecule has 7 nitrogen and oxygen atoms in total. The highest BCUT2D eigenvalue weighted by Gasteiger charge is 2.07. The molecule has 1 unspecified atom stereocenters. The highest BCUT2D eigenvalue weighted by atomic mass is 35.5. The van der Waals surface area contributed by atoms with E-state index < -0.39 is 6.10 Å². The monoisotopic (exact) mass is 413 g/mol. The predicted octanol–water partition coefficient (Wildman–Crippen LogP) is 3.92. The van der Waals surface area contributed by atoms with Gasteiger partial charge < -0.3 is 25.4 Å². The second kappa shape index (κ2) is 10.1. The van der Waals surface area contributed by atoms with Gasteiger partial charge in [-0.05, 0) is 62.6 Å². The summed E-state index contributed by atoms with van der Waals surface area (Å²) in [4.78, 5) is 10.6. The zero-order chi connectivity index (χ0) is 20.6. The Morgan fingerprint density at radius 1 is 1.07 bits per heavy atom. The Labute approximate surface area is 175 Å². The van der Waals surface area contributed by atoms with Crippen molar-refractivity contribution in [1.82, 2.24) is 14.9 Å². The van der Waals surface area contributed by atoms with Crippen LogP contribution in [0.4, 0.5) is 23.1 Å². The number of aliphatic hydroxyl groups is 1. The van der Waals surface area contributed by atoms with Crippen LogP contribution in [0.25, 0.3) is 0 Å². The third-order valence-electron chi connectivity index (χ3n) is 3.88. The van der Waals surface area contributed by atoms with Gasteiger partial charge in [-0.3, -0.25) is 0 Å². The molecule has 1 heterocycles. The molecule has 3 N–H and O–H groups in total. The fourth-order valence-electron chi connectivity index (χ4n) is 2.63. The lowest BCUT2D eigenvalue weighted by Crippen LogP contribution is -2.30. The summed E-state index contributed by atoms with van der Waals surface area (Å²) in [5, 5.41) is 16.9. The molecular formula is C21H24ClN5O2. The van der Waals surface area contributed by atoms with Gasteiger partial charge in [0.1, 0.15) is 24.3 Å². The second-order valence-electron chi connectivity index (χ2n) is 6.78. The van der Waals surface area contributed by atoms with E-state index in [1.165, 1.54) is 0 Å². The minimum Gasteiger partial charge on any atom is -0.491 e. The highest BCUT2D eigenvalue weighted by Crippen LogP contribution is 2.21. The molecule has 0 aliphatic heterocycles. The molecule has 0 saturated carbocycles. The summed E-state index contributed by atoms with van der Waals surface area (Å²) in [5.74, 6) is 1.80. The number of hydrogen-bond acceptors (Lipinski definition) is 7. The normalized spacial score (nSPS) is 11.9. The number of benzene rings is 2. The van der Waals surface area contributed by atoms with Gasteiger partial charge in [-0.25, -0.2) is 4.98 Å². The number of nitrogens with zero attached hydrogens (tertiary/aromatic N) is 3. The second-order valence-corrected chi connectivity index (χ2v) is 7.21. The summed E-state index contributed by atoms with van der Waals surface area (Å²) in [7, 11) is 3.82. The molecule has 0 aliphatic carbocycles. The van der Waals surface area contributed by atoms with Gasteiger partial charge >= 0.3 is 0 Å². The number of nitrogens with one attached hydrogen (secondary N) is 2. The van der Waals surface area contributed by atoms with Crippen LogP contribution in [0.3, 0.4) is 0 Å². The van der Waals surface area contributed by atoms with Gasteiger partial charge in [-0.15, -0.1) is 0 Å². The molecule has 0 bridgehead atoms. The first-order valence-corrected chi connectivity index (χ1v) is 9.54. The number of ether oxygens (including phenoxy) is 1. The molecule has 2 aromatic carbocycles. The van der Waals surface area contributed by atoms with Crippen molar-refractivity contribution >= 4 is 34.7 Å². The van der Waals surface area contributed by atoms with E-state index in [4.69, 9.17) is 16.3 Å². The third-order valence-corrected chi connectivity index (χ3v) is 4.12. The highest BCUT2D eigenvalue weighted by molar-refractivity contribution is 6.30. The largest absolute Gasteiger partial charge is 0.491 e. The number of aliphatic hydroxyl groups excluding tert-OH is 1. The minimum atomic E-state index is -0.536. The standard InChI is InChI=1S/C21H24ClN5O2/c1-27(2)13-18(28)14-29-19-8-6-16(7-9-19)25-21-23-11-10-20(26-21)24-17-5-3-4-15(22)12-17/h3-12,18,28H,13-14H2,1-2H3,(H2,23,24,25,26). The lowest BCUT2D eigenvalue weighted by Gasteiger charge is -2.16. The van der Waals surface area contributed by atoms with Crippen LogP contribution in [0, 0.1) is 0 Å². The van der Waals surface area contributed by atoms with Gasteiger partial charge in [0.05, 0.1) is 0 Å². The van der Waals surface area contributed by atoms with Crippen molar-refractivity contribution in [3.05, 3.63) is 65.8 Å². The van der Waals surface area contributed by atoms with E-state index in [1.54, 1.807) is 12.3 Å². The van der Waals surface area contributed by atoms with E-state index in [0.717, 1.165) is 11.4 Å². The maximum Gasteiger partial charge on any atom is 0.229 e. The summed E-state index contributed by atoms with van der Waals surface area (Å²) < 4.78 is 5.61. The average molecular weight is 414 g/mol. The lowest BCUT2D eigenvalue weighted by atomic mass is 10.3. The van der Waals surface area contributed by atoms with E-state index in [2.05, 4.69) is 20.6 Å². The smallest absolute Gasteiger partial charge is 0.229 e. The Morgan fingerprint density at radius 2 is 1.86 bits per heavy atom. The maximum absolute atomic E-state index is 9.87. The first kappa shape index (κ1) is 20.9. The van der Waals surface area contributed by atoms with Crippen LogP contribution in [-0.2, 0) is 0 Å². The van der Waals surface area contributed by atoms with Crippen molar-refractivity contribution in [3.8, 4) is 5.75 Å². The van der Waals surface area contributed by atoms with Crippen molar-refractivity contribution in [1.29, 1.82) is 0 Å². The quantitative estimate of drug-likeness (QED) is 0.490. The molecule has 152 valence electrons. The Bertz CT molecular complexity index is 921. The van der Waals surface area contributed by atoms with Gasteiger partial charge in [0.2, 0.25) is 5.95 Å². The zero-order valence-electron chi connectivity index (χ0n) is 16.3. The van der Waals surface area contributed by atoms with Crippen molar-refractivity contribution in [2.45, 2.75) is 6.10 Å². The van der Waals surface area contributed by atoms with Gasteiger partial charge in [-0.2, -0.15) is 4.98 Å². The van der Waals surface area contributed by atoms with Crippen LogP contribution in [0.1, 0.15) is 0 Å².